The summed E-state index contributed by atoms with van der Waals surface area (Å²) < 4.78 is 0. The summed E-state index contributed by atoms with van der Waals surface area (Å²) in [7, 11) is 0. The maximum absolute atomic E-state index is 4.37. The van der Waals surface area contributed by atoms with E-state index in [1.807, 2.05) is 5.51 Å². The van der Waals surface area contributed by atoms with Gasteiger partial charge in [-0.3, -0.25) is 4.90 Å². The van der Waals surface area contributed by atoms with Gasteiger partial charge in [-0.2, -0.15) is 0 Å². The Morgan fingerprint density at radius 2 is 2.21 bits per heavy atom. The van der Waals surface area contributed by atoms with Crippen LogP contribution in [0.2, 0.25) is 0 Å². The minimum atomic E-state index is 0.494. The second kappa shape index (κ2) is 6.28. The van der Waals surface area contributed by atoms with Crippen LogP contribution < -0.4 is 5.32 Å². The van der Waals surface area contributed by atoms with Crippen LogP contribution in [0.5, 0.6) is 0 Å². The van der Waals surface area contributed by atoms with Gasteiger partial charge in [-0.25, -0.2) is 4.98 Å². The van der Waals surface area contributed by atoms with Crippen molar-refractivity contribution in [3.8, 4) is 0 Å². The van der Waals surface area contributed by atoms with Crippen LogP contribution in [0.15, 0.2) is 41.2 Å². The van der Waals surface area contributed by atoms with Crippen LogP contribution in [0.1, 0.15) is 17.3 Å². The quantitative estimate of drug-likeness (QED) is 0.927. The molecular formula is C15H19N3S. The molecule has 1 aromatic heterocycles. The van der Waals surface area contributed by atoms with E-state index in [1.54, 1.807) is 11.3 Å². The fraction of sp³-hybridized carbons (Fsp3) is 0.400. The maximum Gasteiger partial charge on any atom is 0.0794 e. The second-order valence-corrected chi connectivity index (χ2v) is 5.62. The van der Waals surface area contributed by atoms with Crippen molar-refractivity contribution in [2.45, 2.75) is 12.5 Å². The average Bonchev–Trinajstić information content (AvgIpc) is 3.00. The minimum Gasteiger partial charge on any atom is -0.314 e. The first-order chi connectivity index (χ1) is 9.43. The Morgan fingerprint density at radius 1 is 1.32 bits per heavy atom. The molecule has 1 unspecified atom stereocenters. The molecule has 1 aliphatic rings. The highest BCUT2D eigenvalue weighted by Crippen LogP contribution is 2.22. The number of nitrogens with one attached hydrogen (secondary N) is 1. The number of aromatic nitrogens is 1. The predicted octanol–water partition coefficient (Wildman–Crippen LogP) is 2.33. The summed E-state index contributed by atoms with van der Waals surface area (Å²) in [6, 6.07) is 11.3. The Kier molecular flexibility index (Phi) is 4.23. The Bertz CT molecular complexity index is 483. The number of benzene rings is 1. The van der Waals surface area contributed by atoms with Crippen LogP contribution in [0.4, 0.5) is 0 Å². The summed E-state index contributed by atoms with van der Waals surface area (Å²) in [5.74, 6) is 0. The third kappa shape index (κ3) is 3.21. The van der Waals surface area contributed by atoms with Crippen LogP contribution >= 0.6 is 11.3 Å². The van der Waals surface area contributed by atoms with Crippen molar-refractivity contribution in [3.05, 3.63) is 52.5 Å². The van der Waals surface area contributed by atoms with Gasteiger partial charge < -0.3 is 5.32 Å². The molecule has 0 spiro atoms. The van der Waals surface area contributed by atoms with Gasteiger partial charge in [-0.1, -0.05) is 30.3 Å². The molecule has 100 valence electrons. The Hall–Kier alpha value is -1.23. The van der Waals surface area contributed by atoms with Crippen LogP contribution in [0.3, 0.4) is 0 Å². The average molecular weight is 273 g/mol. The highest BCUT2D eigenvalue weighted by molar-refractivity contribution is 7.07. The molecule has 0 saturated carbocycles. The summed E-state index contributed by atoms with van der Waals surface area (Å²) in [4.78, 5) is 6.95. The third-order valence-electron chi connectivity index (χ3n) is 3.68. The highest BCUT2D eigenvalue weighted by atomic mass is 32.1. The molecule has 3 rings (SSSR count). The van der Waals surface area contributed by atoms with Gasteiger partial charge in [0.05, 0.1) is 11.2 Å². The fourth-order valence-corrected chi connectivity index (χ4v) is 3.23. The van der Waals surface area contributed by atoms with Crippen LogP contribution in [-0.2, 0) is 6.42 Å². The van der Waals surface area contributed by atoms with E-state index in [-0.39, 0.29) is 0 Å². The minimum absolute atomic E-state index is 0.494. The van der Waals surface area contributed by atoms with Crippen LogP contribution in [0.25, 0.3) is 0 Å². The van der Waals surface area contributed by atoms with Crippen LogP contribution in [0, 0.1) is 0 Å². The number of rotatable bonds is 4. The van der Waals surface area contributed by atoms with E-state index in [0.29, 0.717) is 6.04 Å². The molecule has 1 fully saturated rings. The van der Waals surface area contributed by atoms with Crippen molar-refractivity contribution in [1.29, 1.82) is 0 Å². The molecule has 1 atom stereocenters. The summed E-state index contributed by atoms with van der Waals surface area (Å²) in [6.45, 7) is 4.33. The van der Waals surface area contributed by atoms with Gasteiger partial charge in [0, 0.05) is 44.0 Å². The normalized spacial score (nSPS) is 20.5. The van der Waals surface area contributed by atoms with Crippen molar-refractivity contribution >= 4 is 11.3 Å². The molecule has 1 aromatic carbocycles. The van der Waals surface area contributed by atoms with E-state index in [9.17, 15) is 0 Å². The largest absolute Gasteiger partial charge is 0.314 e. The van der Waals surface area contributed by atoms with E-state index in [2.05, 4.69) is 50.9 Å². The number of hydrogen-bond donors (Lipinski definition) is 1. The molecule has 4 heteroatoms. The van der Waals surface area contributed by atoms with Crippen molar-refractivity contribution in [2.24, 2.45) is 0 Å². The zero-order valence-corrected chi connectivity index (χ0v) is 11.8. The van der Waals surface area contributed by atoms with Gasteiger partial charge in [0.2, 0.25) is 0 Å². The first-order valence-electron chi connectivity index (χ1n) is 6.80. The first-order valence-corrected chi connectivity index (χ1v) is 7.74. The smallest absolute Gasteiger partial charge is 0.0794 e. The molecule has 1 saturated heterocycles. The topological polar surface area (TPSA) is 28.2 Å². The summed E-state index contributed by atoms with van der Waals surface area (Å²) >= 11 is 1.68. The number of nitrogens with zero attached hydrogens (tertiary/aromatic N) is 2. The molecule has 3 nitrogen and oxygen atoms in total. The van der Waals surface area contributed by atoms with E-state index in [0.717, 1.165) is 32.6 Å². The van der Waals surface area contributed by atoms with E-state index >= 15 is 0 Å². The van der Waals surface area contributed by atoms with Crippen molar-refractivity contribution in [1.82, 2.24) is 15.2 Å². The van der Waals surface area contributed by atoms with Crippen molar-refractivity contribution < 1.29 is 0 Å². The maximum atomic E-state index is 4.37. The molecule has 2 heterocycles. The Balaban J connectivity index is 1.67. The first kappa shape index (κ1) is 12.8. The molecule has 1 aliphatic heterocycles. The molecule has 1 N–H and O–H groups in total. The van der Waals surface area contributed by atoms with Gasteiger partial charge in [0.25, 0.3) is 0 Å². The monoisotopic (exact) mass is 273 g/mol. The summed E-state index contributed by atoms with van der Waals surface area (Å²) in [5.41, 5.74) is 4.55. The lowest BCUT2D eigenvalue weighted by molar-refractivity contribution is 0.163. The second-order valence-electron chi connectivity index (χ2n) is 4.90. The fourth-order valence-electron chi connectivity index (χ4n) is 2.64. The Morgan fingerprint density at radius 3 is 3.00 bits per heavy atom. The molecule has 0 radical (unpaired) electrons. The van der Waals surface area contributed by atoms with E-state index in [4.69, 9.17) is 0 Å². The van der Waals surface area contributed by atoms with E-state index in [1.165, 1.54) is 11.3 Å². The standard InChI is InChI=1S/C15H19N3S/c1-2-4-13(5-3-1)15-10-16-7-9-18(15)8-6-14-11-19-12-17-14/h1-5,11-12,15-16H,6-10H2. The molecule has 19 heavy (non-hydrogen) atoms. The molecular weight excluding hydrogens is 254 g/mol. The number of piperazine rings is 1. The molecule has 0 bridgehead atoms. The third-order valence-corrected chi connectivity index (χ3v) is 4.31. The molecule has 0 aliphatic carbocycles. The van der Waals surface area contributed by atoms with Crippen molar-refractivity contribution in [2.75, 3.05) is 26.2 Å². The van der Waals surface area contributed by atoms with Crippen molar-refractivity contribution in [3.63, 3.8) is 0 Å². The lowest BCUT2D eigenvalue weighted by Crippen LogP contribution is -2.46. The number of thiazole rings is 1. The van der Waals surface area contributed by atoms with E-state index < -0.39 is 0 Å². The zero-order chi connectivity index (χ0) is 12.9. The predicted molar refractivity (Wildman–Crippen MR) is 79.4 cm³/mol. The lowest BCUT2D eigenvalue weighted by atomic mass is 10.0. The molecule has 2 aromatic rings. The van der Waals surface area contributed by atoms with Gasteiger partial charge in [0.15, 0.2) is 0 Å². The lowest BCUT2D eigenvalue weighted by Gasteiger charge is -2.36. The SMILES string of the molecule is c1ccc(C2CNCCN2CCc2cscn2)cc1. The van der Waals surface area contributed by atoms with Gasteiger partial charge in [-0.05, 0) is 5.56 Å². The summed E-state index contributed by atoms with van der Waals surface area (Å²) in [6.07, 6.45) is 1.05. The highest BCUT2D eigenvalue weighted by Gasteiger charge is 2.23. The van der Waals surface area contributed by atoms with Gasteiger partial charge >= 0.3 is 0 Å². The Labute approximate surface area is 118 Å². The zero-order valence-electron chi connectivity index (χ0n) is 11.0. The van der Waals surface area contributed by atoms with Gasteiger partial charge in [-0.15, -0.1) is 11.3 Å². The summed E-state index contributed by atoms with van der Waals surface area (Å²) in [5, 5.41) is 5.65. The van der Waals surface area contributed by atoms with Crippen LogP contribution in [-0.4, -0.2) is 36.1 Å². The number of hydrogen-bond acceptors (Lipinski definition) is 4. The molecule has 0 amide bonds. The van der Waals surface area contributed by atoms with Gasteiger partial charge in [0.1, 0.15) is 0 Å².